The largest absolute Gasteiger partial charge is 0.454 e. The standard InChI is InChI=1S/C37H33FNO/c1-22-14-16-24-25-17-19-30(38)33(35(25)40-34(24)32(22)31-13-9-10-20-39(31)6)23-15-18-28-29(21-23)37(4,5)27-12-8-7-11-26(27)36(28,2)3/h7-21H,1-6H3/q+1. The molecule has 2 heterocycles. The molecule has 2 nitrogen and oxygen atoms in total. The molecular weight excluding hydrogens is 493 g/mol. The van der Waals surface area contributed by atoms with Gasteiger partial charge in [0.1, 0.15) is 24.0 Å². The van der Waals surface area contributed by atoms with Gasteiger partial charge in [0, 0.05) is 33.7 Å². The zero-order chi connectivity index (χ0) is 28.0. The molecule has 7 rings (SSSR count). The van der Waals surface area contributed by atoms with Crippen LogP contribution >= 0.6 is 0 Å². The van der Waals surface area contributed by atoms with Crippen molar-refractivity contribution in [3.05, 3.63) is 125 Å². The van der Waals surface area contributed by atoms with Gasteiger partial charge in [-0.25, -0.2) is 8.96 Å². The lowest BCUT2D eigenvalue weighted by atomic mass is 9.60. The lowest BCUT2D eigenvalue weighted by molar-refractivity contribution is -0.660. The third kappa shape index (κ3) is 3.30. The highest BCUT2D eigenvalue weighted by Gasteiger charge is 2.41. The highest BCUT2D eigenvalue weighted by Crippen LogP contribution is 2.51. The van der Waals surface area contributed by atoms with Crippen molar-refractivity contribution < 1.29 is 13.4 Å². The minimum Gasteiger partial charge on any atom is -0.454 e. The summed E-state index contributed by atoms with van der Waals surface area (Å²) < 4.78 is 24.6. The number of halogens is 1. The Hall–Kier alpha value is -4.24. The molecular formula is C37H33FNO+. The molecule has 0 N–H and O–H groups in total. The number of aromatic nitrogens is 1. The van der Waals surface area contributed by atoms with Gasteiger partial charge in [-0.05, 0) is 64.6 Å². The van der Waals surface area contributed by atoms with E-state index in [1.165, 1.54) is 22.3 Å². The second-order valence-electron chi connectivity index (χ2n) is 12.3. The molecule has 40 heavy (non-hydrogen) atoms. The predicted molar refractivity (Wildman–Crippen MR) is 161 cm³/mol. The Labute approximate surface area is 234 Å². The van der Waals surface area contributed by atoms with Crippen LogP contribution < -0.4 is 4.57 Å². The first-order valence-electron chi connectivity index (χ1n) is 14.0. The Kier molecular flexibility index (Phi) is 5.19. The van der Waals surface area contributed by atoms with Crippen molar-refractivity contribution in [2.24, 2.45) is 7.05 Å². The second-order valence-corrected chi connectivity index (χ2v) is 12.3. The van der Waals surface area contributed by atoms with Crippen molar-refractivity contribution in [2.75, 3.05) is 0 Å². The van der Waals surface area contributed by atoms with Gasteiger partial charge >= 0.3 is 0 Å². The number of aryl methyl sites for hydroxylation is 2. The smallest absolute Gasteiger partial charge is 0.216 e. The number of rotatable bonds is 2. The zero-order valence-electron chi connectivity index (χ0n) is 23.9. The maximum Gasteiger partial charge on any atom is 0.216 e. The number of hydrogen-bond acceptors (Lipinski definition) is 1. The summed E-state index contributed by atoms with van der Waals surface area (Å²) in [6, 6.07) is 29.0. The number of fused-ring (bicyclic) bond motifs is 5. The molecule has 2 aromatic heterocycles. The summed E-state index contributed by atoms with van der Waals surface area (Å²) in [6.07, 6.45) is 2.04. The Morgan fingerprint density at radius 1 is 0.650 bits per heavy atom. The van der Waals surface area contributed by atoms with E-state index in [1.807, 2.05) is 31.4 Å². The predicted octanol–water partition coefficient (Wildman–Crippen LogP) is 9.16. The van der Waals surface area contributed by atoms with Crippen molar-refractivity contribution >= 4 is 21.9 Å². The van der Waals surface area contributed by atoms with Crippen molar-refractivity contribution in [1.82, 2.24) is 0 Å². The highest BCUT2D eigenvalue weighted by atomic mass is 19.1. The van der Waals surface area contributed by atoms with Crippen LogP contribution in [0.25, 0.3) is 44.3 Å². The van der Waals surface area contributed by atoms with E-state index >= 15 is 4.39 Å². The maximum absolute atomic E-state index is 15.9. The Morgan fingerprint density at radius 2 is 1.25 bits per heavy atom. The molecule has 3 heteroatoms. The van der Waals surface area contributed by atoms with Crippen molar-refractivity contribution in [3.63, 3.8) is 0 Å². The van der Waals surface area contributed by atoms with Gasteiger partial charge in [-0.15, -0.1) is 0 Å². The number of furan rings is 1. The summed E-state index contributed by atoms with van der Waals surface area (Å²) in [7, 11) is 2.04. The van der Waals surface area contributed by atoms with E-state index in [1.54, 1.807) is 6.07 Å². The minimum absolute atomic E-state index is 0.151. The SMILES string of the molecule is Cc1ccc2c(oc3c(-c4ccc5c(c4)C(C)(C)c4ccccc4C5(C)C)c(F)ccc32)c1-c1cccc[n+]1C. The first-order chi connectivity index (χ1) is 19.1. The van der Waals surface area contributed by atoms with E-state index in [-0.39, 0.29) is 16.6 Å². The van der Waals surface area contributed by atoms with Crippen LogP contribution in [-0.4, -0.2) is 0 Å². The molecule has 0 bridgehead atoms. The summed E-state index contributed by atoms with van der Waals surface area (Å²) in [5, 5.41) is 1.92. The Morgan fingerprint density at radius 3 is 1.95 bits per heavy atom. The summed E-state index contributed by atoms with van der Waals surface area (Å²) in [6.45, 7) is 11.2. The third-order valence-electron chi connectivity index (χ3n) is 9.21. The van der Waals surface area contributed by atoms with Gasteiger partial charge in [0.15, 0.2) is 6.20 Å². The van der Waals surface area contributed by atoms with Gasteiger partial charge in [-0.2, -0.15) is 0 Å². The lowest BCUT2D eigenvalue weighted by Crippen LogP contribution is -2.36. The van der Waals surface area contributed by atoms with Crippen LogP contribution in [0.15, 0.2) is 95.5 Å². The summed E-state index contributed by atoms with van der Waals surface area (Å²) >= 11 is 0. The third-order valence-corrected chi connectivity index (χ3v) is 9.21. The summed E-state index contributed by atoms with van der Waals surface area (Å²) in [5.41, 5.74) is 10.8. The molecule has 0 amide bonds. The first kappa shape index (κ1) is 24.8. The minimum atomic E-state index is -0.275. The summed E-state index contributed by atoms with van der Waals surface area (Å²) in [4.78, 5) is 0. The molecule has 0 aliphatic heterocycles. The van der Waals surface area contributed by atoms with Gasteiger partial charge in [0.2, 0.25) is 5.69 Å². The van der Waals surface area contributed by atoms with Crippen LogP contribution in [0.1, 0.15) is 55.5 Å². The number of nitrogens with zero attached hydrogens (tertiary/aromatic N) is 1. The fraction of sp³-hybridized carbons (Fsp3) is 0.216. The molecule has 0 saturated carbocycles. The summed E-state index contributed by atoms with van der Waals surface area (Å²) in [5.74, 6) is -0.275. The van der Waals surface area contributed by atoms with Gasteiger partial charge in [0.05, 0.1) is 11.1 Å². The van der Waals surface area contributed by atoms with Crippen LogP contribution in [0.2, 0.25) is 0 Å². The van der Waals surface area contributed by atoms with E-state index in [0.29, 0.717) is 11.1 Å². The van der Waals surface area contributed by atoms with Crippen molar-refractivity contribution in [1.29, 1.82) is 0 Å². The molecule has 0 radical (unpaired) electrons. The fourth-order valence-corrected chi connectivity index (χ4v) is 6.97. The van der Waals surface area contributed by atoms with Crippen molar-refractivity contribution in [3.8, 4) is 22.4 Å². The van der Waals surface area contributed by atoms with Crippen LogP contribution in [0, 0.1) is 12.7 Å². The lowest BCUT2D eigenvalue weighted by Gasteiger charge is -2.44. The molecule has 0 atom stereocenters. The van der Waals surface area contributed by atoms with Crippen molar-refractivity contribution in [2.45, 2.75) is 45.4 Å². The van der Waals surface area contributed by atoms with Gasteiger partial charge in [-0.1, -0.05) is 76.2 Å². The molecule has 0 unspecified atom stereocenters. The monoisotopic (exact) mass is 526 g/mol. The molecule has 4 aromatic carbocycles. The number of pyridine rings is 1. The average molecular weight is 527 g/mol. The van der Waals surface area contributed by atoms with Crippen LogP contribution in [0.4, 0.5) is 4.39 Å². The molecule has 198 valence electrons. The highest BCUT2D eigenvalue weighted by molar-refractivity contribution is 6.13. The quantitative estimate of drug-likeness (QED) is 0.206. The second kappa shape index (κ2) is 8.38. The van der Waals surface area contributed by atoms with Crippen LogP contribution in [0.5, 0.6) is 0 Å². The average Bonchev–Trinajstić information content (AvgIpc) is 3.31. The Balaban J connectivity index is 1.51. The van der Waals surface area contributed by atoms with Gasteiger partial charge < -0.3 is 4.42 Å². The fourth-order valence-electron chi connectivity index (χ4n) is 6.97. The van der Waals surface area contributed by atoms with Gasteiger partial charge in [0.25, 0.3) is 0 Å². The number of hydrogen-bond donors (Lipinski definition) is 0. The van der Waals surface area contributed by atoms with E-state index in [4.69, 9.17) is 4.42 Å². The van der Waals surface area contributed by atoms with Crippen LogP contribution in [0.3, 0.4) is 0 Å². The maximum atomic E-state index is 15.9. The molecule has 0 saturated heterocycles. The molecule has 1 aliphatic carbocycles. The van der Waals surface area contributed by atoms with Gasteiger partial charge in [-0.3, -0.25) is 0 Å². The zero-order valence-corrected chi connectivity index (χ0v) is 23.9. The molecule has 6 aromatic rings. The number of benzene rings is 4. The van der Waals surface area contributed by atoms with E-state index in [0.717, 1.165) is 38.7 Å². The van der Waals surface area contributed by atoms with E-state index < -0.39 is 0 Å². The topological polar surface area (TPSA) is 17.0 Å². The molecule has 0 spiro atoms. The first-order valence-corrected chi connectivity index (χ1v) is 14.0. The van der Waals surface area contributed by atoms with Crippen LogP contribution in [-0.2, 0) is 17.9 Å². The van der Waals surface area contributed by atoms with E-state index in [2.05, 4.69) is 99.8 Å². The Bertz CT molecular complexity index is 1990. The van der Waals surface area contributed by atoms with E-state index in [9.17, 15) is 0 Å². The molecule has 1 aliphatic rings. The normalized spacial score (nSPS) is 15.3. The molecule has 0 fully saturated rings.